The van der Waals surface area contributed by atoms with Crippen LogP contribution in [0.25, 0.3) is 0 Å². The number of nitrogens with zero attached hydrogens (tertiary/aromatic N) is 4. The Balaban J connectivity index is 1.78. The standard InChI is InChI=1S/C18H16N6/c1-13-9-17(23-16-7-3-2-6-15(16)10-19)24-18(22-13)21-12-14-5-4-8-20-11-14/h2-9,11H,12H2,1H3,(H2,21,22,23,24). The molecule has 3 rings (SSSR count). The number of hydrogen-bond acceptors (Lipinski definition) is 6. The Morgan fingerprint density at radius 1 is 1.12 bits per heavy atom. The van der Waals surface area contributed by atoms with Gasteiger partial charge in [-0.25, -0.2) is 4.98 Å². The molecule has 0 saturated heterocycles. The van der Waals surface area contributed by atoms with E-state index < -0.39 is 0 Å². The van der Waals surface area contributed by atoms with Gasteiger partial charge < -0.3 is 10.6 Å². The molecule has 0 bridgehead atoms. The van der Waals surface area contributed by atoms with E-state index >= 15 is 0 Å². The fourth-order valence-electron chi connectivity index (χ4n) is 2.22. The predicted octanol–water partition coefficient (Wildman–Crippen LogP) is 3.41. The molecule has 3 aromatic rings. The van der Waals surface area contributed by atoms with Gasteiger partial charge in [-0.15, -0.1) is 0 Å². The molecule has 6 nitrogen and oxygen atoms in total. The largest absolute Gasteiger partial charge is 0.350 e. The van der Waals surface area contributed by atoms with Crippen molar-refractivity contribution >= 4 is 17.5 Å². The molecule has 0 aliphatic rings. The molecule has 2 N–H and O–H groups in total. The molecule has 0 fully saturated rings. The fraction of sp³-hybridized carbons (Fsp3) is 0.111. The first kappa shape index (κ1) is 15.4. The first-order chi connectivity index (χ1) is 11.7. The van der Waals surface area contributed by atoms with E-state index in [4.69, 9.17) is 0 Å². The van der Waals surface area contributed by atoms with E-state index in [-0.39, 0.29) is 0 Å². The van der Waals surface area contributed by atoms with E-state index in [2.05, 4.69) is 31.7 Å². The zero-order valence-electron chi connectivity index (χ0n) is 13.2. The van der Waals surface area contributed by atoms with Gasteiger partial charge >= 0.3 is 0 Å². The molecule has 0 aliphatic heterocycles. The molecule has 6 heteroatoms. The van der Waals surface area contributed by atoms with Crippen molar-refractivity contribution < 1.29 is 0 Å². The minimum atomic E-state index is 0.524. The molecule has 0 amide bonds. The van der Waals surface area contributed by atoms with Crippen LogP contribution in [0, 0.1) is 18.3 Å². The number of pyridine rings is 1. The minimum Gasteiger partial charge on any atom is -0.350 e. The van der Waals surface area contributed by atoms with Gasteiger partial charge in [-0.3, -0.25) is 4.98 Å². The fourth-order valence-corrected chi connectivity index (χ4v) is 2.22. The van der Waals surface area contributed by atoms with E-state index in [1.54, 1.807) is 18.5 Å². The number of anilines is 3. The van der Waals surface area contributed by atoms with Gasteiger partial charge in [0.25, 0.3) is 0 Å². The molecule has 118 valence electrons. The number of aryl methyl sites for hydroxylation is 1. The summed E-state index contributed by atoms with van der Waals surface area (Å²) in [7, 11) is 0. The summed E-state index contributed by atoms with van der Waals surface area (Å²) in [4.78, 5) is 12.9. The number of hydrogen-bond donors (Lipinski definition) is 2. The summed E-state index contributed by atoms with van der Waals surface area (Å²) in [5.74, 6) is 1.16. The summed E-state index contributed by atoms with van der Waals surface area (Å²) in [5, 5.41) is 15.5. The van der Waals surface area contributed by atoms with E-state index in [1.165, 1.54) is 0 Å². The number of nitrogens with one attached hydrogen (secondary N) is 2. The molecule has 24 heavy (non-hydrogen) atoms. The van der Waals surface area contributed by atoms with Gasteiger partial charge in [0.2, 0.25) is 5.95 Å². The van der Waals surface area contributed by atoms with Crippen molar-refractivity contribution in [2.75, 3.05) is 10.6 Å². The van der Waals surface area contributed by atoms with Crippen LogP contribution in [0.3, 0.4) is 0 Å². The number of para-hydroxylation sites is 1. The summed E-state index contributed by atoms with van der Waals surface area (Å²) in [6.45, 7) is 2.49. The third kappa shape index (κ3) is 3.84. The second-order valence-electron chi connectivity index (χ2n) is 5.22. The average molecular weight is 316 g/mol. The summed E-state index contributed by atoms with van der Waals surface area (Å²) in [5.41, 5.74) is 3.16. The molecule has 2 heterocycles. The first-order valence-corrected chi connectivity index (χ1v) is 7.49. The molecule has 2 aromatic heterocycles. The molecule has 0 saturated carbocycles. The Morgan fingerprint density at radius 2 is 2.00 bits per heavy atom. The number of benzene rings is 1. The van der Waals surface area contributed by atoms with E-state index in [0.29, 0.717) is 23.9 Å². The Bertz CT molecular complexity index is 870. The normalized spacial score (nSPS) is 10.0. The van der Waals surface area contributed by atoms with Crippen LogP contribution < -0.4 is 10.6 Å². The minimum absolute atomic E-state index is 0.524. The SMILES string of the molecule is Cc1cc(Nc2ccccc2C#N)nc(NCc2cccnc2)n1. The zero-order chi connectivity index (χ0) is 16.8. The summed E-state index contributed by atoms with van der Waals surface area (Å²) in [6, 6.07) is 15.2. The molecule has 0 spiro atoms. The van der Waals surface area contributed by atoms with Gasteiger partial charge in [0.1, 0.15) is 11.9 Å². The molecule has 1 aromatic carbocycles. The highest BCUT2D eigenvalue weighted by molar-refractivity contribution is 5.65. The van der Waals surface area contributed by atoms with Crippen molar-refractivity contribution in [3.63, 3.8) is 0 Å². The molecule has 0 atom stereocenters. The highest BCUT2D eigenvalue weighted by Crippen LogP contribution is 2.20. The van der Waals surface area contributed by atoms with Crippen LogP contribution in [0.5, 0.6) is 0 Å². The predicted molar refractivity (Wildman–Crippen MR) is 92.8 cm³/mol. The van der Waals surface area contributed by atoms with Crippen molar-refractivity contribution in [1.29, 1.82) is 5.26 Å². The Kier molecular flexibility index (Phi) is 4.63. The van der Waals surface area contributed by atoms with Crippen LogP contribution in [0.15, 0.2) is 54.9 Å². The maximum Gasteiger partial charge on any atom is 0.225 e. The maximum absolute atomic E-state index is 9.17. The van der Waals surface area contributed by atoms with Crippen molar-refractivity contribution in [2.45, 2.75) is 13.5 Å². The second kappa shape index (κ2) is 7.20. The molecule has 0 unspecified atom stereocenters. The molecule has 0 radical (unpaired) electrons. The molecule has 0 aliphatic carbocycles. The zero-order valence-corrected chi connectivity index (χ0v) is 13.2. The quantitative estimate of drug-likeness (QED) is 0.750. The van der Waals surface area contributed by atoms with Crippen LogP contribution in [0.4, 0.5) is 17.5 Å². The van der Waals surface area contributed by atoms with Crippen LogP contribution >= 0.6 is 0 Å². The lowest BCUT2D eigenvalue weighted by molar-refractivity contribution is 1.02. The topological polar surface area (TPSA) is 86.5 Å². The van der Waals surface area contributed by atoms with Gasteiger partial charge in [0, 0.05) is 30.7 Å². The van der Waals surface area contributed by atoms with Gasteiger partial charge in [0.05, 0.1) is 11.3 Å². The van der Waals surface area contributed by atoms with Crippen LogP contribution in [-0.2, 0) is 6.54 Å². The molecular formula is C18H16N6. The third-order valence-corrected chi connectivity index (χ3v) is 3.34. The molecular weight excluding hydrogens is 300 g/mol. The summed E-state index contributed by atoms with van der Waals surface area (Å²) < 4.78 is 0. The third-order valence-electron chi connectivity index (χ3n) is 3.34. The number of rotatable bonds is 5. The van der Waals surface area contributed by atoms with Gasteiger partial charge in [0.15, 0.2) is 0 Å². The van der Waals surface area contributed by atoms with E-state index in [1.807, 2.05) is 43.3 Å². The lowest BCUT2D eigenvalue weighted by Crippen LogP contribution is -2.06. The Morgan fingerprint density at radius 3 is 2.79 bits per heavy atom. The smallest absolute Gasteiger partial charge is 0.225 e. The van der Waals surface area contributed by atoms with E-state index in [9.17, 15) is 5.26 Å². The lowest BCUT2D eigenvalue weighted by atomic mass is 10.2. The van der Waals surface area contributed by atoms with Crippen molar-refractivity contribution in [2.24, 2.45) is 0 Å². The highest BCUT2D eigenvalue weighted by Gasteiger charge is 2.05. The van der Waals surface area contributed by atoms with Crippen molar-refractivity contribution in [1.82, 2.24) is 15.0 Å². The van der Waals surface area contributed by atoms with Gasteiger partial charge in [-0.1, -0.05) is 18.2 Å². The van der Waals surface area contributed by atoms with Crippen LogP contribution in [0.2, 0.25) is 0 Å². The average Bonchev–Trinajstić information content (AvgIpc) is 2.61. The maximum atomic E-state index is 9.17. The van der Waals surface area contributed by atoms with Crippen molar-refractivity contribution in [3.8, 4) is 6.07 Å². The summed E-state index contributed by atoms with van der Waals surface area (Å²) in [6.07, 6.45) is 3.53. The summed E-state index contributed by atoms with van der Waals surface area (Å²) >= 11 is 0. The highest BCUT2D eigenvalue weighted by atomic mass is 15.1. The first-order valence-electron chi connectivity index (χ1n) is 7.49. The van der Waals surface area contributed by atoms with Crippen LogP contribution in [-0.4, -0.2) is 15.0 Å². The number of nitriles is 1. The Labute approximate surface area is 140 Å². The van der Waals surface area contributed by atoms with Gasteiger partial charge in [-0.05, 0) is 30.7 Å². The lowest BCUT2D eigenvalue weighted by Gasteiger charge is -2.10. The van der Waals surface area contributed by atoms with E-state index in [0.717, 1.165) is 16.9 Å². The monoisotopic (exact) mass is 316 g/mol. The van der Waals surface area contributed by atoms with Gasteiger partial charge in [-0.2, -0.15) is 10.2 Å². The van der Waals surface area contributed by atoms with Crippen molar-refractivity contribution in [3.05, 3.63) is 71.7 Å². The number of aromatic nitrogens is 3. The Hall–Kier alpha value is -3.46. The second-order valence-corrected chi connectivity index (χ2v) is 5.22. The van der Waals surface area contributed by atoms with Crippen LogP contribution in [0.1, 0.15) is 16.8 Å².